The summed E-state index contributed by atoms with van der Waals surface area (Å²) in [4.78, 5) is 66.8. The number of hydrogen-bond acceptors (Lipinski definition) is 11. The molecule has 16 nitrogen and oxygen atoms in total. The summed E-state index contributed by atoms with van der Waals surface area (Å²) in [6, 6.07) is 7.66. The van der Waals surface area contributed by atoms with Crippen molar-refractivity contribution < 1.29 is 29.1 Å². The lowest BCUT2D eigenvalue weighted by Crippen LogP contribution is -2.57. The van der Waals surface area contributed by atoms with Gasteiger partial charge in [0.05, 0.1) is 18.1 Å². The maximum absolute atomic E-state index is 13.9. The summed E-state index contributed by atoms with van der Waals surface area (Å²) in [5.74, 6) is -1.53. The average molecular weight is 781 g/mol. The predicted octanol–water partition coefficient (Wildman–Crippen LogP) is -1.06. The summed E-state index contributed by atoms with van der Waals surface area (Å²) in [6.45, 7) is 4.30. The summed E-state index contributed by atoms with van der Waals surface area (Å²) in [5, 5.41) is 40.4. The Kier molecular flexibility index (Phi) is 19.7. The first-order valence-corrected chi connectivity index (χ1v) is 19.6. The van der Waals surface area contributed by atoms with Crippen LogP contribution in [0.5, 0.6) is 5.75 Å². The molecule has 56 heavy (non-hydrogen) atoms. The second kappa shape index (κ2) is 24.1. The van der Waals surface area contributed by atoms with Crippen LogP contribution < -0.4 is 53.2 Å². The van der Waals surface area contributed by atoms with Crippen LogP contribution in [-0.4, -0.2) is 133 Å². The molecule has 5 atom stereocenters. The van der Waals surface area contributed by atoms with Gasteiger partial charge in [-0.05, 0) is 121 Å². The Morgan fingerprint density at radius 2 is 1.36 bits per heavy atom. The van der Waals surface area contributed by atoms with Crippen molar-refractivity contribution in [2.24, 2.45) is 0 Å². The van der Waals surface area contributed by atoms with Crippen LogP contribution in [-0.2, 0) is 36.8 Å². The zero-order valence-electron chi connectivity index (χ0n) is 33.8. The summed E-state index contributed by atoms with van der Waals surface area (Å²) >= 11 is 0. The smallest absolute Gasteiger partial charge is 0.243 e. The molecule has 0 radical (unpaired) electrons. The van der Waals surface area contributed by atoms with Gasteiger partial charge in [0.15, 0.2) is 0 Å². The van der Waals surface area contributed by atoms with Gasteiger partial charge >= 0.3 is 0 Å². The Morgan fingerprint density at radius 3 is 2.02 bits per heavy atom. The molecule has 0 saturated heterocycles. The number of phenols is 1. The minimum atomic E-state index is -0.959. The maximum atomic E-state index is 13.9. The molecule has 1 heterocycles. The Labute approximate surface area is 331 Å². The number of amides is 5. The van der Waals surface area contributed by atoms with E-state index in [4.69, 9.17) is 0 Å². The highest BCUT2D eigenvalue weighted by Gasteiger charge is 2.30. The fraction of sp³-hybridized carbons (Fsp3) is 0.575. The van der Waals surface area contributed by atoms with E-state index < -0.39 is 42.0 Å². The van der Waals surface area contributed by atoms with E-state index in [1.54, 1.807) is 27.2 Å². The predicted molar refractivity (Wildman–Crippen MR) is 218 cm³/mol. The molecular weight excluding hydrogens is 717 g/mol. The van der Waals surface area contributed by atoms with Gasteiger partial charge in [-0.15, -0.1) is 0 Å². The fourth-order valence-electron chi connectivity index (χ4n) is 6.62. The van der Waals surface area contributed by atoms with Crippen LogP contribution in [0.4, 0.5) is 0 Å². The van der Waals surface area contributed by atoms with Gasteiger partial charge < -0.3 is 58.3 Å². The lowest BCUT2D eigenvalue weighted by molar-refractivity contribution is -0.132. The van der Waals surface area contributed by atoms with Crippen molar-refractivity contribution in [2.45, 2.75) is 82.1 Å². The van der Waals surface area contributed by atoms with Crippen molar-refractivity contribution >= 4 is 29.5 Å². The van der Waals surface area contributed by atoms with E-state index in [0.29, 0.717) is 63.8 Å². The number of phenolic OH excluding ortho intramolecular Hbond substituents is 1. The van der Waals surface area contributed by atoms with Gasteiger partial charge in [-0.1, -0.05) is 24.3 Å². The first-order valence-electron chi connectivity index (χ1n) is 19.6. The minimum absolute atomic E-state index is 0.0695. The maximum Gasteiger partial charge on any atom is 0.243 e. The van der Waals surface area contributed by atoms with Crippen LogP contribution in [0.2, 0.25) is 0 Å². The van der Waals surface area contributed by atoms with Crippen molar-refractivity contribution in [3.8, 4) is 16.9 Å². The van der Waals surface area contributed by atoms with Crippen LogP contribution in [0.25, 0.3) is 11.1 Å². The van der Waals surface area contributed by atoms with Crippen molar-refractivity contribution in [2.75, 3.05) is 68.0 Å². The van der Waals surface area contributed by atoms with Crippen LogP contribution in [0, 0.1) is 6.92 Å². The number of carbonyl (C=O) groups excluding carboxylic acids is 5. The third-order valence-electron chi connectivity index (χ3n) is 10.2. The number of rotatable bonds is 20. The van der Waals surface area contributed by atoms with E-state index in [1.807, 2.05) is 51.4 Å². The number of likely N-dealkylation sites (N-methyl/N-ethyl adjacent to an activating group) is 4. The van der Waals surface area contributed by atoms with Crippen molar-refractivity contribution in [1.82, 2.24) is 53.2 Å². The second-order valence-electron chi connectivity index (χ2n) is 14.2. The van der Waals surface area contributed by atoms with Crippen LogP contribution in [0.3, 0.4) is 0 Å². The van der Waals surface area contributed by atoms with Gasteiger partial charge in [-0.3, -0.25) is 24.0 Å². The first-order chi connectivity index (χ1) is 26.9. The number of nitrogens with one attached hydrogen (secondary N) is 10. The monoisotopic (exact) mass is 781 g/mol. The van der Waals surface area contributed by atoms with E-state index >= 15 is 0 Å². The SMILES string of the molecule is CNCCC[C@@H]1NC(=O)[C@@H](NC)Cc2cc(ccc2O)-c2ccc(C)c(c2)C[C@@H](C(=O)NCCCC(NC)C(=O)NCC[C@H](NC)C(=O)NCCNC)NC1=O. The molecule has 2 aromatic rings. The first kappa shape index (κ1) is 45.8. The van der Waals surface area contributed by atoms with Gasteiger partial charge in [0, 0.05) is 39.0 Å². The Hall–Kier alpha value is -4.61. The van der Waals surface area contributed by atoms with Gasteiger partial charge in [-0.2, -0.15) is 0 Å². The Balaban J connectivity index is 1.75. The normalized spacial score (nSPS) is 18.4. The lowest BCUT2D eigenvalue weighted by Gasteiger charge is -2.25. The minimum Gasteiger partial charge on any atom is -0.508 e. The van der Waals surface area contributed by atoms with Crippen LogP contribution >= 0.6 is 0 Å². The number of aromatic hydroxyl groups is 1. The molecule has 1 aliphatic rings. The summed E-state index contributed by atoms with van der Waals surface area (Å²) in [7, 11) is 8.68. The third kappa shape index (κ3) is 14.2. The molecule has 1 unspecified atom stereocenters. The molecule has 310 valence electrons. The largest absolute Gasteiger partial charge is 0.508 e. The molecule has 5 amide bonds. The van der Waals surface area contributed by atoms with Gasteiger partial charge in [0.25, 0.3) is 0 Å². The van der Waals surface area contributed by atoms with E-state index in [-0.39, 0.29) is 42.9 Å². The quantitative estimate of drug-likeness (QED) is 0.0727. The highest BCUT2D eigenvalue weighted by molar-refractivity contribution is 5.93. The fourth-order valence-corrected chi connectivity index (χ4v) is 6.62. The standard InChI is InChI=1S/C40H64N10O6/c1-25-11-12-26-21-28(25)23-34(38(54)46-17-8-9-30(43-4)36(52)47-18-15-31(44-5)37(53)48-20-19-42-3)50-39(55)32(10-7-16-41-2)49-40(56)33(45-6)24-29-22-27(26)13-14-35(29)51/h11-14,21-22,30-34,41-45,51H,7-10,15-20,23-24H2,1-6H3,(H,46,54)(H,47,52)(H,48,53)(H,49,56)(H,50,55)/t30?,31-,32-,33-,34-/m0/s1. The van der Waals surface area contributed by atoms with E-state index in [2.05, 4.69) is 53.2 Å². The third-order valence-corrected chi connectivity index (χ3v) is 10.2. The molecule has 0 aliphatic carbocycles. The van der Waals surface area contributed by atoms with Gasteiger partial charge in [-0.25, -0.2) is 0 Å². The van der Waals surface area contributed by atoms with E-state index in [1.165, 1.54) is 0 Å². The number of aryl methyl sites for hydroxylation is 1. The molecule has 16 heteroatoms. The molecule has 1 aliphatic heterocycles. The zero-order valence-corrected chi connectivity index (χ0v) is 33.8. The summed E-state index contributed by atoms with van der Waals surface area (Å²) in [6.07, 6.45) is 2.65. The molecule has 0 spiro atoms. The van der Waals surface area contributed by atoms with E-state index in [0.717, 1.165) is 22.3 Å². The van der Waals surface area contributed by atoms with Gasteiger partial charge in [0.1, 0.15) is 17.8 Å². The average Bonchev–Trinajstić information content (AvgIpc) is 3.18. The highest BCUT2D eigenvalue weighted by Crippen LogP contribution is 2.29. The topological polar surface area (TPSA) is 226 Å². The molecule has 0 aromatic heterocycles. The summed E-state index contributed by atoms with van der Waals surface area (Å²) in [5.41, 5.74) is 4.10. The Morgan fingerprint density at radius 1 is 0.714 bits per heavy atom. The molecule has 0 fully saturated rings. The van der Waals surface area contributed by atoms with Crippen LogP contribution in [0.15, 0.2) is 36.4 Å². The number of hydrogen-bond donors (Lipinski definition) is 11. The van der Waals surface area contributed by atoms with Crippen molar-refractivity contribution in [3.63, 3.8) is 0 Å². The number of carbonyl (C=O) groups is 5. The van der Waals surface area contributed by atoms with Crippen molar-refractivity contribution in [3.05, 3.63) is 53.1 Å². The molecule has 3 rings (SSSR count). The molecule has 4 bridgehead atoms. The second-order valence-corrected chi connectivity index (χ2v) is 14.2. The molecular formula is C40H64N10O6. The Bertz CT molecular complexity index is 1610. The number of benzene rings is 2. The summed E-state index contributed by atoms with van der Waals surface area (Å²) < 4.78 is 0. The van der Waals surface area contributed by atoms with Crippen molar-refractivity contribution in [1.29, 1.82) is 0 Å². The lowest BCUT2D eigenvalue weighted by atomic mass is 9.93. The van der Waals surface area contributed by atoms with Gasteiger partial charge in [0.2, 0.25) is 29.5 Å². The molecule has 11 N–H and O–H groups in total. The molecule has 0 saturated carbocycles. The highest BCUT2D eigenvalue weighted by atomic mass is 16.3. The number of fused-ring (bicyclic) bond motifs is 5. The van der Waals surface area contributed by atoms with E-state index in [9.17, 15) is 29.1 Å². The van der Waals surface area contributed by atoms with Crippen LogP contribution in [0.1, 0.15) is 48.8 Å². The molecule has 2 aromatic carbocycles. The zero-order chi connectivity index (χ0) is 41.0.